The third-order valence-corrected chi connectivity index (χ3v) is 4.39. The Kier molecular flexibility index (Phi) is 5.52. The van der Waals surface area contributed by atoms with Crippen LogP contribution in [0.1, 0.15) is 0 Å². The molecule has 0 saturated heterocycles. The van der Waals surface area contributed by atoms with E-state index in [1.54, 1.807) is 60.3 Å². The topological polar surface area (TPSA) is 81.9 Å². The van der Waals surface area contributed by atoms with E-state index in [2.05, 4.69) is 20.8 Å². The number of benzene rings is 2. The fourth-order valence-corrected chi connectivity index (χ4v) is 2.83. The van der Waals surface area contributed by atoms with Crippen molar-refractivity contribution in [2.75, 3.05) is 18.2 Å². The highest BCUT2D eigenvalue weighted by Crippen LogP contribution is 2.20. The maximum Gasteiger partial charge on any atom is 0.234 e. The van der Waals surface area contributed by atoms with Crippen molar-refractivity contribution in [2.24, 2.45) is 0 Å². The number of tetrazole rings is 1. The van der Waals surface area contributed by atoms with Gasteiger partial charge in [0.1, 0.15) is 5.75 Å². The molecule has 1 heterocycles. The molecule has 9 heteroatoms. The quantitative estimate of drug-likeness (QED) is 0.667. The Hall–Kier alpha value is -2.58. The fraction of sp³-hybridized carbons (Fsp3) is 0.125. The summed E-state index contributed by atoms with van der Waals surface area (Å²) in [6.45, 7) is 0. The van der Waals surface area contributed by atoms with Gasteiger partial charge in [-0.25, -0.2) is 0 Å². The average molecular weight is 376 g/mol. The number of aromatic nitrogens is 4. The van der Waals surface area contributed by atoms with Crippen LogP contribution in [0.2, 0.25) is 5.02 Å². The van der Waals surface area contributed by atoms with E-state index < -0.39 is 0 Å². The maximum absolute atomic E-state index is 12.1. The zero-order valence-corrected chi connectivity index (χ0v) is 14.8. The number of carbonyl (C=O) groups is 1. The number of anilines is 1. The first-order valence-corrected chi connectivity index (χ1v) is 8.63. The van der Waals surface area contributed by atoms with Gasteiger partial charge in [0.15, 0.2) is 0 Å². The molecule has 2 aromatic carbocycles. The third-order valence-electron chi connectivity index (χ3n) is 3.22. The van der Waals surface area contributed by atoms with Crippen LogP contribution < -0.4 is 10.1 Å². The second-order valence-corrected chi connectivity index (χ2v) is 6.29. The van der Waals surface area contributed by atoms with Crippen LogP contribution in [0.4, 0.5) is 5.69 Å². The summed E-state index contributed by atoms with van der Waals surface area (Å²) in [5, 5.41) is 15.5. The minimum Gasteiger partial charge on any atom is -0.497 e. The number of carbonyl (C=O) groups excluding carboxylic acids is 1. The highest BCUT2D eigenvalue weighted by molar-refractivity contribution is 7.99. The van der Waals surface area contributed by atoms with Crippen LogP contribution in [-0.4, -0.2) is 39.0 Å². The molecule has 0 saturated carbocycles. The number of hydrogen-bond donors (Lipinski definition) is 1. The van der Waals surface area contributed by atoms with Gasteiger partial charge < -0.3 is 10.1 Å². The Labute approximate surface area is 153 Å². The Morgan fingerprint density at radius 2 is 1.92 bits per heavy atom. The van der Waals surface area contributed by atoms with Gasteiger partial charge in [0.2, 0.25) is 11.1 Å². The van der Waals surface area contributed by atoms with E-state index in [1.165, 1.54) is 11.8 Å². The number of halogens is 1. The van der Waals surface area contributed by atoms with Crippen LogP contribution >= 0.6 is 23.4 Å². The molecule has 1 aromatic heterocycles. The summed E-state index contributed by atoms with van der Waals surface area (Å²) in [6, 6.07) is 14.2. The predicted molar refractivity (Wildman–Crippen MR) is 96.5 cm³/mol. The monoisotopic (exact) mass is 375 g/mol. The van der Waals surface area contributed by atoms with Gasteiger partial charge in [-0.1, -0.05) is 23.4 Å². The van der Waals surface area contributed by atoms with Crippen LogP contribution in [0.3, 0.4) is 0 Å². The zero-order valence-electron chi connectivity index (χ0n) is 13.2. The number of nitrogens with zero attached hydrogens (tertiary/aromatic N) is 4. The lowest BCUT2D eigenvalue weighted by Crippen LogP contribution is -2.14. The van der Waals surface area contributed by atoms with E-state index in [-0.39, 0.29) is 11.7 Å². The highest BCUT2D eigenvalue weighted by Gasteiger charge is 2.12. The van der Waals surface area contributed by atoms with Crippen molar-refractivity contribution in [1.29, 1.82) is 0 Å². The normalized spacial score (nSPS) is 10.5. The van der Waals surface area contributed by atoms with Crippen molar-refractivity contribution in [3.05, 3.63) is 53.6 Å². The van der Waals surface area contributed by atoms with Gasteiger partial charge >= 0.3 is 0 Å². The molecular weight excluding hydrogens is 362 g/mol. The molecule has 1 N–H and O–H groups in total. The summed E-state index contributed by atoms with van der Waals surface area (Å²) >= 11 is 7.13. The van der Waals surface area contributed by atoms with E-state index in [0.717, 1.165) is 11.4 Å². The molecule has 0 fully saturated rings. The predicted octanol–water partition coefficient (Wildman–Crippen LogP) is 3.06. The fourth-order valence-electron chi connectivity index (χ4n) is 2.01. The van der Waals surface area contributed by atoms with Gasteiger partial charge in [-0.3, -0.25) is 4.79 Å². The minimum atomic E-state index is -0.152. The van der Waals surface area contributed by atoms with Crippen LogP contribution in [0.25, 0.3) is 5.69 Å². The first-order valence-electron chi connectivity index (χ1n) is 7.27. The zero-order chi connectivity index (χ0) is 17.6. The summed E-state index contributed by atoms with van der Waals surface area (Å²) < 4.78 is 6.64. The number of ether oxygens (including phenoxy) is 1. The molecule has 1 amide bonds. The number of rotatable bonds is 6. The molecule has 0 aliphatic carbocycles. The third kappa shape index (κ3) is 4.49. The Morgan fingerprint density at radius 1 is 1.20 bits per heavy atom. The number of hydrogen-bond acceptors (Lipinski definition) is 6. The molecule has 7 nitrogen and oxygen atoms in total. The van der Waals surface area contributed by atoms with Crippen LogP contribution in [0, 0.1) is 0 Å². The van der Waals surface area contributed by atoms with E-state index in [4.69, 9.17) is 16.3 Å². The number of thioether (sulfide) groups is 1. The van der Waals surface area contributed by atoms with Crippen LogP contribution in [0.5, 0.6) is 5.75 Å². The van der Waals surface area contributed by atoms with Crippen LogP contribution in [0.15, 0.2) is 53.7 Å². The molecule has 0 bridgehead atoms. The first kappa shape index (κ1) is 17.2. The summed E-state index contributed by atoms with van der Waals surface area (Å²) in [5.41, 5.74) is 1.47. The van der Waals surface area contributed by atoms with Crippen LogP contribution in [-0.2, 0) is 4.79 Å². The SMILES string of the molecule is COc1ccc(NC(=O)CSc2nnnn2-c2ccc(Cl)cc2)cc1. The standard InChI is InChI=1S/C16H14ClN5O2S/c1-24-14-8-4-12(5-9-14)18-15(23)10-25-16-19-20-21-22(16)13-6-2-11(17)3-7-13/h2-9H,10H2,1H3,(H,18,23). The Bertz CT molecular complexity index is 852. The van der Waals surface area contributed by atoms with E-state index >= 15 is 0 Å². The number of nitrogens with one attached hydrogen (secondary N) is 1. The molecule has 25 heavy (non-hydrogen) atoms. The number of methoxy groups -OCH3 is 1. The lowest BCUT2D eigenvalue weighted by molar-refractivity contribution is -0.113. The Balaban J connectivity index is 1.61. The molecule has 0 spiro atoms. The number of amides is 1. The van der Waals surface area contributed by atoms with Crippen molar-refractivity contribution in [2.45, 2.75) is 5.16 Å². The lowest BCUT2D eigenvalue weighted by Gasteiger charge is -2.06. The Morgan fingerprint density at radius 3 is 2.60 bits per heavy atom. The molecule has 0 aliphatic heterocycles. The molecule has 0 aliphatic rings. The molecular formula is C16H14ClN5O2S. The summed E-state index contributed by atoms with van der Waals surface area (Å²) in [5.74, 6) is 0.760. The van der Waals surface area contributed by atoms with E-state index in [0.29, 0.717) is 15.9 Å². The second kappa shape index (κ2) is 8.00. The lowest BCUT2D eigenvalue weighted by atomic mass is 10.3. The van der Waals surface area contributed by atoms with Gasteiger partial charge in [-0.2, -0.15) is 4.68 Å². The van der Waals surface area contributed by atoms with E-state index in [9.17, 15) is 4.79 Å². The summed E-state index contributed by atoms with van der Waals surface area (Å²) in [6.07, 6.45) is 0. The van der Waals surface area contributed by atoms with Gasteiger partial charge in [-0.05, 0) is 59.0 Å². The van der Waals surface area contributed by atoms with Crippen molar-refractivity contribution in [3.63, 3.8) is 0 Å². The van der Waals surface area contributed by atoms with Crippen molar-refractivity contribution in [1.82, 2.24) is 20.2 Å². The van der Waals surface area contributed by atoms with Crippen molar-refractivity contribution in [3.8, 4) is 11.4 Å². The summed E-state index contributed by atoms with van der Waals surface area (Å²) in [4.78, 5) is 12.1. The molecule has 3 aromatic rings. The highest BCUT2D eigenvalue weighted by atomic mass is 35.5. The average Bonchev–Trinajstić information content (AvgIpc) is 3.10. The largest absolute Gasteiger partial charge is 0.497 e. The molecule has 0 unspecified atom stereocenters. The van der Waals surface area contributed by atoms with Gasteiger partial charge in [0.05, 0.1) is 18.6 Å². The maximum atomic E-state index is 12.1. The van der Waals surface area contributed by atoms with Gasteiger partial charge in [0, 0.05) is 10.7 Å². The minimum absolute atomic E-state index is 0.152. The van der Waals surface area contributed by atoms with Gasteiger partial charge in [-0.15, -0.1) is 5.10 Å². The second-order valence-electron chi connectivity index (χ2n) is 4.92. The molecule has 128 valence electrons. The summed E-state index contributed by atoms with van der Waals surface area (Å²) in [7, 11) is 1.59. The molecule has 0 atom stereocenters. The smallest absolute Gasteiger partial charge is 0.234 e. The van der Waals surface area contributed by atoms with Gasteiger partial charge in [0.25, 0.3) is 0 Å². The molecule has 3 rings (SSSR count). The van der Waals surface area contributed by atoms with Crippen molar-refractivity contribution < 1.29 is 9.53 Å². The molecule has 0 radical (unpaired) electrons. The first-order chi connectivity index (χ1) is 12.2. The van der Waals surface area contributed by atoms with E-state index in [1.807, 2.05) is 0 Å². The van der Waals surface area contributed by atoms with Crippen molar-refractivity contribution >= 4 is 35.0 Å².